The molecule has 3 rings (SSSR count). The molecule has 0 radical (unpaired) electrons. The van der Waals surface area contributed by atoms with Crippen LogP contribution in [0.5, 0.6) is 0 Å². The molecule has 0 bridgehead atoms. The quantitative estimate of drug-likeness (QED) is 0.605. The number of hydrogen-bond donors (Lipinski definition) is 1. The van der Waals surface area contributed by atoms with Gasteiger partial charge in [0.15, 0.2) is 0 Å². The molecule has 150 valence electrons. The standard InChI is InChI=1S/C24H28N4O/c1-5-28(16-19-11-7-6-8-12-19)24-25-18(4)15-22(27-24)23(29)26-21-14-10-9-13-20(21)17(2)3/h6-15,17H,5,16H2,1-4H3,(H,26,29). The lowest BCUT2D eigenvalue weighted by atomic mass is 10.0. The number of hydrogen-bond acceptors (Lipinski definition) is 4. The van der Waals surface area contributed by atoms with Crippen LogP contribution in [0.15, 0.2) is 60.7 Å². The summed E-state index contributed by atoms with van der Waals surface area (Å²) >= 11 is 0. The topological polar surface area (TPSA) is 58.1 Å². The highest BCUT2D eigenvalue weighted by Gasteiger charge is 2.16. The van der Waals surface area contributed by atoms with E-state index in [0.717, 1.165) is 23.5 Å². The molecule has 0 atom stereocenters. The number of carbonyl (C=O) groups is 1. The number of amides is 1. The Morgan fingerprint density at radius 3 is 2.41 bits per heavy atom. The number of rotatable bonds is 7. The van der Waals surface area contributed by atoms with E-state index < -0.39 is 0 Å². The van der Waals surface area contributed by atoms with Gasteiger partial charge in [-0.25, -0.2) is 9.97 Å². The molecule has 0 spiro atoms. The van der Waals surface area contributed by atoms with Crippen molar-refractivity contribution >= 4 is 17.5 Å². The van der Waals surface area contributed by atoms with Gasteiger partial charge in [-0.1, -0.05) is 62.4 Å². The zero-order chi connectivity index (χ0) is 20.8. The number of anilines is 2. The van der Waals surface area contributed by atoms with Crippen LogP contribution in [0.3, 0.4) is 0 Å². The van der Waals surface area contributed by atoms with Gasteiger partial charge in [0.05, 0.1) is 0 Å². The van der Waals surface area contributed by atoms with Crippen molar-refractivity contribution in [3.05, 3.63) is 83.2 Å². The number of aromatic nitrogens is 2. The fourth-order valence-corrected chi connectivity index (χ4v) is 3.24. The summed E-state index contributed by atoms with van der Waals surface area (Å²) in [6, 6.07) is 19.8. The van der Waals surface area contributed by atoms with E-state index in [1.54, 1.807) is 6.07 Å². The highest BCUT2D eigenvalue weighted by atomic mass is 16.1. The van der Waals surface area contributed by atoms with Gasteiger partial charge in [-0.3, -0.25) is 4.79 Å². The first-order chi connectivity index (χ1) is 14.0. The van der Waals surface area contributed by atoms with Crippen LogP contribution in [0.4, 0.5) is 11.6 Å². The predicted octanol–water partition coefficient (Wildman–Crippen LogP) is 5.19. The Balaban J connectivity index is 1.85. The Bertz CT molecular complexity index is 970. The molecule has 3 aromatic rings. The molecule has 5 heteroatoms. The molecule has 0 saturated heterocycles. The minimum atomic E-state index is -0.222. The molecule has 1 N–H and O–H groups in total. The summed E-state index contributed by atoms with van der Waals surface area (Å²) in [4.78, 5) is 24.2. The monoisotopic (exact) mass is 388 g/mol. The smallest absolute Gasteiger partial charge is 0.274 e. The van der Waals surface area contributed by atoms with E-state index >= 15 is 0 Å². The summed E-state index contributed by atoms with van der Waals surface area (Å²) in [5.74, 6) is 0.662. The normalized spacial score (nSPS) is 10.8. The first-order valence-corrected chi connectivity index (χ1v) is 10.0. The van der Waals surface area contributed by atoms with Crippen molar-refractivity contribution in [2.45, 2.75) is 40.2 Å². The van der Waals surface area contributed by atoms with E-state index in [0.29, 0.717) is 24.1 Å². The lowest BCUT2D eigenvalue weighted by Gasteiger charge is -2.22. The molecule has 0 aliphatic heterocycles. The van der Waals surface area contributed by atoms with Gasteiger partial charge in [-0.15, -0.1) is 0 Å². The van der Waals surface area contributed by atoms with Crippen LogP contribution < -0.4 is 10.2 Å². The number of aryl methyl sites for hydroxylation is 1. The maximum absolute atomic E-state index is 12.9. The molecule has 0 saturated carbocycles. The third-order valence-electron chi connectivity index (χ3n) is 4.79. The Kier molecular flexibility index (Phi) is 6.60. The molecule has 1 heterocycles. The summed E-state index contributed by atoms with van der Waals surface area (Å²) in [5, 5.41) is 3.02. The molecule has 0 aliphatic carbocycles. The van der Waals surface area contributed by atoms with Gasteiger partial charge in [0, 0.05) is 24.5 Å². The van der Waals surface area contributed by atoms with Crippen LogP contribution in [-0.4, -0.2) is 22.4 Å². The average molecular weight is 389 g/mol. The lowest BCUT2D eigenvalue weighted by molar-refractivity contribution is 0.102. The van der Waals surface area contributed by atoms with Gasteiger partial charge >= 0.3 is 0 Å². The Hall–Kier alpha value is -3.21. The van der Waals surface area contributed by atoms with Crippen molar-refractivity contribution < 1.29 is 4.79 Å². The fourth-order valence-electron chi connectivity index (χ4n) is 3.24. The van der Waals surface area contributed by atoms with Gasteiger partial charge < -0.3 is 10.2 Å². The first kappa shape index (κ1) is 20.5. The third kappa shape index (κ3) is 5.19. The van der Waals surface area contributed by atoms with E-state index in [2.05, 4.69) is 53.1 Å². The minimum absolute atomic E-state index is 0.222. The summed E-state index contributed by atoms with van der Waals surface area (Å²) < 4.78 is 0. The van der Waals surface area contributed by atoms with E-state index in [-0.39, 0.29) is 5.91 Å². The SMILES string of the molecule is CCN(Cc1ccccc1)c1nc(C)cc(C(=O)Nc2ccccc2C(C)C)n1. The second-order valence-electron chi connectivity index (χ2n) is 7.39. The summed E-state index contributed by atoms with van der Waals surface area (Å²) in [6.45, 7) is 9.61. The maximum atomic E-state index is 12.9. The zero-order valence-electron chi connectivity index (χ0n) is 17.5. The van der Waals surface area contributed by atoms with Crippen molar-refractivity contribution in [1.29, 1.82) is 0 Å². The molecule has 5 nitrogen and oxygen atoms in total. The van der Waals surface area contributed by atoms with E-state index in [1.165, 1.54) is 5.56 Å². The van der Waals surface area contributed by atoms with Crippen LogP contribution in [0.1, 0.15) is 54.0 Å². The van der Waals surface area contributed by atoms with Crippen molar-refractivity contribution in [3.63, 3.8) is 0 Å². The third-order valence-corrected chi connectivity index (χ3v) is 4.79. The number of para-hydroxylation sites is 1. The molecule has 0 aliphatic rings. The van der Waals surface area contributed by atoms with Crippen molar-refractivity contribution in [3.8, 4) is 0 Å². The molecule has 2 aromatic carbocycles. The van der Waals surface area contributed by atoms with E-state index in [4.69, 9.17) is 0 Å². The number of carbonyl (C=O) groups excluding carboxylic acids is 1. The van der Waals surface area contributed by atoms with Gasteiger partial charge in [0.1, 0.15) is 5.69 Å². The molecular formula is C24H28N4O. The van der Waals surface area contributed by atoms with Crippen LogP contribution in [0.25, 0.3) is 0 Å². The van der Waals surface area contributed by atoms with Crippen LogP contribution >= 0.6 is 0 Å². The molecule has 0 fully saturated rings. The number of nitrogens with zero attached hydrogens (tertiary/aromatic N) is 3. The molecule has 29 heavy (non-hydrogen) atoms. The fraction of sp³-hybridized carbons (Fsp3) is 0.292. The molecule has 1 amide bonds. The largest absolute Gasteiger partial charge is 0.337 e. The van der Waals surface area contributed by atoms with E-state index in [1.807, 2.05) is 49.4 Å². The highest BCUT2D eigenvalue weighted by Crippen LogP contribution is 2.24. The van der Waals surface area contributed by atoms with Crippen molar-refractivity contribution in [2.75, 3.05) is 16.8 Å². The van der Waals surface area contributed by atoms with Crippen molar-refractivity contribution in [1.82, 2.24) is 9.97 Å². The van der Waals surface area contributed by atoms with Gasteiger partial charge in [0.2, 0.25) is 5.95 Å². The highest BCUT2D eigenvalue weighted by molar-refractivity contribution is 6.03. The zero-order valence-corrected chi connectivity index (χ0v) is 17.5. The Labute approximate surface area is 172 Å². The number of benzene rings is 2. The Morgan fingerprint density at radius 2 is 1.72 bits per heavy atom. The predicted molar refractivity (Wildman–Crippen MR) is 118 cm³/mol. The first-order valence-electron chi connectivity index (χ1n) is 10.0. The summed E-state index contributed by atoms with van der Waals surface area (Å²) in [5.41, 5.74) is 4.24. The second kappa shape index (κ2) is 9.32. The van der Waals surface area contributed by atoms with Crippen LogP contribution in [-0.2, 0) is 6.54 Å². The molecule has 0 unspecified atom stereocenters. The van der Waals surface area contributed by atoms with Gasteiger partial charge in [-0.05, 0) is 43.0 Å². The molecular weight excluding hydrogens is 360 g/mol. The van der Waals surface area contributed by atoms with Gasteiger partial charge in [0.25, 0.3) is 5.91 Å². The van der Waals surface area contributed by atoms with E-state index in [9.17, 15) is 4.79 Å². The number of nitrogens with one attached hydrogen (secondary N) is 1. The minimum Gasteiger partial charge on any atom is -0.337 e. The molecule has 1 aromatic heterocycles. The van der Waals surface area contributed by atoms with Crippen LogP contribution in [0.2, 0.25) is 0 Å². The average Bonchev–Trinajstić information content (AvgIpc) is 2.72. The maximum Gasteiger partial charge on any atom is 0.274 e. The van der Waals surface area contributed by atoms with Gasteiger partial charge in [-0.2, -0.15) is 0 Å². The van der Waals surface area contributed by atoms with Crippen LogP contribution in [0, 0.1) is 6.92 Å². The Morgan fingerprint density at radius 1 is 1.03 bits per heavy atom. The summed E-state index contributed by atoms with van der Waals surface area (Å²) in [7, 11) is 0. The summed E-state index contributed by atoms with van der Waals surface area (Å²) in [6.07, 6.45) is 0. The van der Waals surface area contributed by atoms with Crippen molar-refractivity contribution in [2.24, 2.45) is 0 Å². The second-order valence-corrected chi connectivity index (χ2v) is 7.39. The lowest BCUT2D eigenvalue weighted by Crippen LogP contribution is -2.26.